The molecule has 2 aromatic carbocycles. The topological polar surface area (TPSA) is 137 Å². The van der Waals surface area contributed by atoms with Gasteiger partial charge in [0.1, 0.15) is 5.82 Å². The van der Waals surface area contributed by atoms with Crippen LogP contribution in [0.4, 0.5) is 15.3 Å². The number of aromatic nitrogens is 2. The standard InChI is InChI=1S/C24H28ClN5O5/c1-14(30(23(34)35)24(2,3)4)20-28-18-10-6-9-17(25)19(18)21(32)29(20)16-8-5-7-15(13-16)27-22(33)26-11-12-31/h5-10,13-14,31H,11-12H2,1-4H3,(H,34,35)(H2,26,27,33). The summed E-state index contributed by atoms with van der Waals surface area (Å²) in [5.74, 6) is 0.198. The second-order valence-electron chi connectivity index (χ2n) is 8.90. The van der Waals surface area contributed by atoms with Gasteiger partial charge in [0.2, 0.25) is 0 Å². The minimum Gasteiger partial charge on any atom is -0.465 e. The summed E-state index contributed by atoms with van der Waals surface area (Å²) in [5, 5.41) is 24.4. The zero-order valence-corrected chi connectivity index (χ0v) is 20.6. The van der Waals surface area contributed by atoms with E-state index in [1.54, 1.807) is 70.2 Å². The second-order valence-corrected chi connectivity index (χ2v) is 9.31. The predicted octanol–water partition coefficient (Wildman–Crippen LogP) is 3.99. The van der Waals surface area contributed by atoms with E-state index in [9.17, 15) is 19.5 Å². The average molecular weight is 502 g/mol. The maximum absolute atomic E-state index is 13.7. The molecule has 186 valence electrons. The van der Waals surface area contributed by atoms with Crippen molar-refractivity contribution < 1.29 is 19.8 Å². The molecular weight excluding hydrogens is 474 g/mol. The monoisotopic (exact) mass is 501 g/mol. The van der Waals surface area contributed by atoms with Gasteiger partial charge in [0.05, 0.1) is 34.3 Å². The SMILES string of the molecule is CC(c1nc2cccc(Cl)c2c(=O)n1-c1cccc(NC(=O)NCCO)c1)N(C(=O)O)C(C)(C)C. The Bertz CT molecular complexity index is 1320. The molecule has 3 amide bonds. The van der Waals surface area contributed by atoms with Crippen LogP contribution in [0.15, 0.2) is 47.3 Å². The molecule has 0 bridgehead atoms. The molecule has 3 rings (SSSR count). The van der Waals surface area contributed by atoms with Gasteiger partial charge >= 0.3 is 12.1 Å². The van der Waals surface area contributed by atoms with Crippen molar-refractivity contribution in [3.05, 3.63) is 63.7 Å². The van der Waals surface area contributed by atoms with E-state index in [2.05, 4.69) is 15.6 Å². The van der Waals surface area contributed by atoms with Crippen LogP contribution in [-0.2, 0) is 0 Å². The number of anilines is 1. The summed E-state index contributed by atoms with van der Waals surface area (Å²) in [4.78, 5) is 43.9. The number of hydrogen-bond acceptors (Lipinski definition) is 5. The molecule has 1 atom stereocenters. The van der Waals surface area contributed by atoms with Gasteiger partial charge in [-0.05, 0) is 58.0 Å². The van der Waals surface area contributed by atoms with E-state index in [0.29, 0.717) is 16.9 Å². The van der Waals surface area contributed by atoms with Crippen molar-refractivity contribution in [2.24, 2.45) is 0 Å². The molecule has 1 aromatic heterocycles. The molecule has 35 heavy (non-hydrogen) atoms. The highest BCUT2D eigenvalue weighted by molar-refractivity contribution is 6.35. The van der Waals surface area contributed by atoms with Crippen LogP contribution in [0, 0.1) is 0 Å². The number of carbonyl (C=O) groups excluding carboxylic acids is 1. The maximum Gasteiger partial charge on any atom is 0.408 e. The number of rotatable bonds is 6. The van der Waals surface area contributed by atoms with E-state index in [1.807, 2.05) is 0 Å². The van der Waals surface area contributed by atoms with Crippen molar-refractivity contribution in [2.75, 3.05) is 18.5 Å². The zero-order chi connectivity index (χ0) is 25.9. The third-order valence-electron chi connectivity index (χ3n) is 5.32. The van der Waals surface area contributed by atoms with E-state index in [0.717, 1.165) is 0 Å². The van der Waals surface area contributed by atoms with Crippen LogP contribution in [0.25, 0.3) is 16.6 Å². The molecule has 0 aliphatic rings. The van der Waals surface area contributed by atoms with Crippen molar-refractivity contribution in [3.63, 3.8) is 0 Å². The Morgan fingerprint density at radius 3 is 2.51 bits per heavy atom. The molecule has 0 saturated carbocycles. The van der Waals surface area contributed by atoms with Crippen LogP contribution in [0.1, 0.15) is 39.6 Å². The lowest BCUT2D eigenvalue weighted by Crippen LogP contribution is -2.47. The molecule has 10 nitrogen and oxygen atoms in total. The number of amides is 3. The van der Waals surface area contributed by atoms with Gasteiger partial charge in [-0.25, -0.2) is 14.6 Å². The Labute approximate surface area is 207 Å². The lowest BCUT2D eigenvalue weighted by Gasteiger charge is -2.38. The number of halogens is 1. The maximum atomic E-state index is 13.7. The lowest BCUT2D eigenvalue weighted by atomic mass is 10.0. The molecule has 4 N–H and O–H groups in total. The Morgan fingerprint density at radius 2 is 1.89 bits per heavy atom. The molecule has 0 aliphatic heterocycles. The Morgan fingerprint density at radius 1 is 1.20 bits per heavy atom. The fraction of sp³-hybridized carbons (Fsp3) is 0.333. The van der Waals surface area contributed by atoms with Gasteiger partial charge in [-0.2, -0.15) is 0 Å². The van der Waals surface area contributed by atoms with Crippen LogP contribution in [0.3, 0.4) is 0 Å². The summed E-state index contributed by atoms with van der Waals surface area (Å²) in [6.45, 7) is 6.81. The minimum absolute atomic E-state index is 0.0809. The normalized spacial score (nSPS) is 12.3. The molecule has 0 radical (unpaired) electrons. The number of nitrogens with zero attached hydrogens (tertiary/aromatic N) is 3. The van der Waals surface area contributed by atoms with Gasteiger partial charge in [-0.15, -0.1) is 0 Å². The van der Waals surface area contributed by atoms with Gasteiger partial charge < -0.3 is 20.8 Å². The molecule has 0 aliphatic carbocycles. The molecular formula is C24H28ClN5O5. The average Bonchev–Trinajstić information content (AvgIpc) is 2.76. The molecule has 1 heterocycles. The number of aliphatic hydroxyl groups is 1. The van der Waals surface area contributed by atoms with E-state index in [4.69, 9.17) is 16.7 Å². The molecule has 3 aromatic rings. The van der Waals surface area contributed by atoms with Crippen molar-refractivity contribution in [3.8, 4) is 5.69 Å². The highest BCUT2D eigenvalue weighted by Gasteiger charge is 2.34. The first-order valence-electron chi connectivity index (χ1n) is 10.9. The number of fused-ring (bicyclic) bond motifs is 1. The molecule has 0 saturated heterocycles. The van der Waals surface area contributed by atoms with Crippen LogP contribution in [0.5, 0.6) is 0 Å². The summed E-state index contributed by atoms with van der Waals surface area (Å²) in [5.41, 5.74) is -0.161. The minimum atomic E-state index is -1.16. The van der Waals surface area contributed by atoms with Gasteiger partial charge in [-0.3, -0.25) is 14.3 Å². The quantitative estimate of drug-likeness (QED) is 0.403. The van der Waals surface area contributed by atoms with Crippen molar-refractivity contribution >= 4 is 40.3 Å². The largest absolute Gasteiger partial charge is 0.465 e. The first-order chi connectivity index (χ1) is 16.5. The lowest BCUT2D eigenvalue weighted by molar-refractivity contribution is 0.0719. The summed E-state index contributed by atoms with van der Waals surface area (Å²) in [6, 6.07) is 10.1. The van der Waals surface area contributed by atoms with Gasteiger partial charge in [0, 0.05) is 17.8 Å². The van der Waals surface area contributed by atoms with Crippen molar-refractivity contribution in [1.82, 2.24) is 19.8 Å². The Hall–Kier alpha value is -3.63. The summed E-state index contributed by atoms with van der Waals surface area (Å²) in [7, 11) is 0. The van der Waals surface area contributed by atoms with E-state index >= 15 is 0 Å². The van der Waals surface area contributed by atoms with Crippen LogP contribution < -0.4 is 16.2 Å². The second kappa shape index (κ2) is 10.3. The summed E-state index contributed by atoms with van der Waals surface area (Å²) in [6.07, 6.45) is -1.16. The number of nitrogens with one attached hydrogen (secondary N) is 2. The number of carbonyl (C=O) groups is 2. The molecule has 11 heteroatoms. The fourth-order valence-electron chi connectivity index (χ4n) is 3.95. The van der Waals surface area contributed by atoms with Crippen molar-refractivity contribution in [2.45, 2.75) is 39.3 Å². The van der Waals surface area contributed by atoms with E-state index in [-0.39, 0.29) is 29.4 Å². The Kier molecular flexibility index (Phi) is 7.67. The third kappa shape index (κ3) is 5.55. The van der Waals surface area contributed by atoms with Crippen LogP contribution in [0.2, 0.25) is 5.02 Å². The molecule has 0 fully saturated rings. The van der Waals surface area contributed by atoms with Gasteiger partial charge in [0.15, 0.2) is 0 Å². The van der Waals surface area contributed by atoms with Gasteiger partial charge in [-0.1, -0.05) is 23.7 Å². The first-order valence-corrected chi connectivity index (χ1v) is 11.3. The first kappa shape index (κ1) is 26.0. The fourth-order valence-corrected chi connectivity index (χ4v) is 4.20. The van der Waals surface area contributed by atoms with Crippen LogP contribution >= 0.6 is 11.6 Å². The number of carboxylic acid groups (broad SMARTS) is 1. The van der Waals surface area contributed by atoms with Crippen LogP contribution in [-0.4, -0.2) is 55.5 Å². The smallest absolute Gasteiger partial charge is 0.408 e. The number of urea groups is 1. The van der Waals surface area contributed by atoms with E-state index < -0.39 is 29.3 Å². The highest BCUT2D eigenvalue weighted by atomic mass is 35.5. The van der Waals surface area contributed by atoms with Crippen molar-refractivity contribution in [1.29, 1.82) is 0 Å². The number of benzene rings is 2. The molecule has 1 unspecified atom stereocenters. The van der Waals surface area contributed by atoms with Gasteiger partial charge in [0.25, 0.3) is 5.56 Å². The highest BCUT2D eigenvalue weighted by Crippen LogP contribution is 2.30. The zero-order valence-electron chi connectivity index (χ0n) is 19.9. The molecule has 0 spiro atoms. The summed E-state index contributed by atoms with van der Waals surface area (Å²) < 4.78 is 1.32. The number of hydrogen-bond donors (Lipinski definition) is 4. The summed E-state index contributed by atoms with van der Waals surface area (Å²) >= 11 is 6.34. The van der Waals surface area contributed by atoms with E-state index in [1.165, 1.54) is 9.47 Å². The Balaban J connectivity index is 2.25. The predicted molar refractivity (Wildman–Crippen MR) is 134 cm³/mol. The third-order valence-corrected chi connectivity index (χ3v) is 5.64. The number of aliphatic hydroxyl groups excluding tert-OH is 1.